The van der Waals surface area contributed by atoms with Crippen LogP contribution in [-0.4, -0.2) is 27.0 Å². The maximum atomic E-state index is 11.9. The number of nitrogens with one attached hydrogen (secondary N) is 1. The third-order valence-electron chi connectivity index (χ3n) is 3.15. The highest BCUT2D eigenvalue weighted by molar-refractivity contribution is 6.31. The minimum Gasteiger partial charge on any atom is -0.384 e. The number of imidazole rings is 1. The third kappa shape index (κ3) is 3.03. The van der Waals surface area contributed by atoms with E-state index < -0.39 is 0 Å². The number of carbonyl (C=O) groups excluding carboxylic acids is 1. The van der Waals surface area contributed by atoms with Crippen molar-refractivity contribution in [1.82, 2.24) is 14.5 Å². The summed E-state index contributed by atoms with van der Waals surface area (Å²) in [4.78, 5) is 20.0. The summed E-state index contributed by atoms with van der Waals surface area (Å²) in [6.45, 7) is 0.540. The van der Waals surface area contributed by atoms with E-state index in [0.29, 0.717) is 18.0 Å². The van der Waals surface area contributed by atoms with E-state index in [2.05, 4.69) is 15.3 Å². The third-order valence-corrected chi connectivity index (χ3v) is 3.39. The number of benzene rings is 1. The lowest BCUT2D eigenvalue weighted by Crippen LogP contribution is -2.14. The SMILES string of the molecule is O=C(CCNc1ccnc2cc(Cl)ccc12)n1ccnc1. The molecule has 0 spiro atoms. The average molecular weight is 301 g/mol. The van der Waals surface area contributed by atoms with Gasteiger partial charge in [-0.2, -0.15) is 0 Å². The number of rotatable bonds is 4. The van der Waals surface area contributed by atoms with Crippen LogP contribution in [0.25, 0.3) is 10.9 Å². The number of fused-ring (bicyclic) bond motifs is 1. The highest BCUT2D eigenvalue weighted by Gasteiger charge is 2.05. The molecule has 1 N–H and O–H groups in total. The number of pyridine rings is 1. The van der Waals surface area contributed by atoms with Crippen molar-refractivity contribution in [1.29, 1.82) is 0 Å². The number of halogens is 1. The van der Waals surface area contributed by atoms with Gasteiger partial charge in [0.2, 0.25) is 5.91 Å². The maximum absolute atomic E-state index is 11.9. The summed E-state index contributed by atoms with van der Waals surface area (Å²) in [5.74, 6) is 0.00130. The zero-order chi connectivity index (χ0) is 14.7. The second kappa shape index (κ2) is 5.93. The van der Waals surface area contributed by atoms with Crippen LogP contribution in [-0.2, 0) is 0 Å². The lowest BCUT2D eigenvalue weighted by atomic mass is 10.2. The molecule has 0 bridgehead atoms. The van der Waals surface area contributed by atoms with Gasteiger partial charge in [-0.15, -0.1) is 0 Å². The second-order valence-corrected chi connectivity index (χ2v) is 5.00. The van der Waals surface area contributed by atoms with Crippen molar-refractivity contribution in [2.24, 2.45) is 0 Å². The second-order valence-electron chi connectivity index (χ2n) is 4.56. The summed E-state index contributed by atoms with van der Waals surface area (Å²) < 4.78 is 1.48. The fourth-order valence-electron chi connectivity index (χ4n) is 2.12. The van der Waals surface area contributed by atoms with Crippen LogP contribution in [0.4, 0.5) is 5.69 Å². The number of hydrogen-bond acceptors (Lipinski definition) is 4. The molecule has 0 unspecified atom stereocenters. The monoisotopic (exact) mass is 300 g/mol. The summed E-state index contributed by atoms with van der Waals surface area (Å²) in [6.07, 6.45) is 6.84. The molecule has 2 heterocycles. The Labute approximate surface area is 126 Å². The molecule has 21 heavy (non-hydrogen) atoms. The molecule has 6 heteroatoms. The molecule has 0 saturated carbocycles. The number of hydrogen-bond donors (Lipinski definition) is 1. The molecule has 0 fully saturated rings. The van der Waals surface area contributed by atoms with Gasteiger partial charge in [0, 0.05) is 47.7 Å². The molecule has 0 aliphatic heterocycles. The van der Waals surface area contributed by atoms with Gasteiger partial charge >= 0.3 is 0 Å². The molecule has 106 valence electrons. The predicted molar refractivity (Wildman–Crippen MR) is 82.7 cm³/mol. The molecule has 0 atom stereocenters. The van der Waals surface area contributed by atoms with Gasteiger partial charge in [0.15, 0.2) is 0 Å². The Balaban J connectivity index is 1.69. The van der Waals surface area contributed by atoms with Crippen molar-refractivity contribution in [3.8, 4) is 0 Å². The van der Waals surface area contributed by atoms with Crippen LogP contribution in [0.3, 0.4) is 0 Å². The van der Waals surface area contributed by atoms with Crippen LogP contribution in [0.5, 0.6) is 0 Å². The molecular weight excluding hydrogens is 288 g/mol. The van der Waals surface area contributed by atoms with Crippen molar-refractivity contribution in [3.05, 3.63) is 54.2 Å². The lowest BCUT2D eigenvalue weighted by Gasteiger charge is -2.09. The first-order valence-corrected chi connectivity index (χ1v) is 6.91. The summed E-state index contributed by atoms with van der Waals surface area (Å²) in [5.41, 5.74) is 1.77. The van der Waals surface area contributed by atoms with E-state index in [1.165, 1.54) is 10.9 Å². The van der Waals surface area contributed by atoms with Crippen molar-refractivity contribution >= 4 is 34.1 Å². The zero-order valence-electron chi connectivity index (χ0n) is 11.2. The fourth-order valence-corrected chi connectivity index (χ4v) is 2.28. The van der Waals surface area contributed by atoms with E-state index in [0.717, 1.165) is 16.6 Å². The average Bonchev–Trinajstić information content (AvgIpc) is 3.01. The van der Waals surface area contributed by atoms with Crippen molar-refractivity contribution in [3.63, 3.8) is 0 Å². The molecule has 1 aromatic carbocycles. The molecular formula is C15H13ClN4O. The Morgan fingerprint density at radius 3 is 3.00 bits per heavy atom. The van der Waals surface area contributed by atoms with Gasteiger partial charge in [0.05, 0.1) is 5.52 Å². The van der Waals surface area contributed by atoms with E-state index in [9.17, 15) is 4.79 Å². The van der Waals surface area contributed by atoms with Crippen molar-refractivity contribution in [2.75, 3.05) is 11.9 Å². The summed E-state index contributed by atoms with van der Waals surface area (Å²) >= 11 is 5.96. The van der Waals surface area contributed by atoms with Crippen LogP contribution < -0.4 is 5.32 Å². The smallest absolute Gasteiger partial charge is 0.233 e. The van der Waals surface area contributed by atoms with Gasteiger partial charge in [-0.05, 0) is 24.3 Å². The van der Waals surface area contributed by atoms with Gasteiger partial charge in [0.1, 0.15) is 6.33 Å². The van der Waals surface area contributed by atoms with E-state index in [1.54, 1.807) is 18.6 Å². The Morgan fingerprint density at radius 2 is 2.19 bits per heavy atom. The Hall–Kier alpha value is -2.40. The lowest BCUT2D eigenvalue weighted by molar-refractivity contribution is 0.0907. The topological polar surface area (TPSA) is 59.8 Å². The van der Waals surface area contributed by atoms with Crippen LogP contribution in [0.1, 0.15) is 11.2 Å². The summed E-state index contributed by atoms with van der Waals surface area (Å²) in [6, 6.07) is 7.45. The van der Waals surface area contributed by atoms with E-state index in [1.807, 2.05) is 24.3 Å². The first-order chi connectivity index (χ1) is 10.2. The molecule has 2 aromatic heterocycles. The molecule has 3 aromatic rings. The fraction of sp³-hybridized carbons (Fsp3) is 0.133. The molecule has 0 saturated heterocycles. The first kappa shape index (κ1) is 13.6. The minimum atomic E-state index is 0.00130. The zero-order valence-corrected chi connectivity index (χ0v) is 11.9. The molecule has 0 radical (unpaired) electrons. The van der Waals surface area contributed by atoms with Crippen LogP contribution in [0.2, 0.25) is 5.02 Å². The number of aromatic nitrogens is 3. The Morgan fingerprint density at radius 1 is 1.29 bits per heavy atom. The quantitative estimate of drug-likeness (QED) is 0.803. The van der Waals surface area contributed by atoms with E-state index in [-0.39, 0.29) is 5.91 Å². The highest BCUT2D eigenvalue weighted by atomic mass is 35.5. The molecule has 0 amide bonds. The maximum Gasteiger partial charge on any atom is 0.233 e. The standard InChI is InChI=1S/C15H13ClN4O/c16-11-1-2-12-13(3-5-19-14(12)9-11)18-6-4-15(21)20-8-7-17-10-20/h1-3,5,7-10H,4,6H2,(H,18,19). The van der Waals surface area contributed by atoms with Gasteiger partial charge in [-0.25, -0.2) is 4.98 Å². The summed E-state index contributed by atoms with van der Waals surface area (Å²) in [7, 11) is 0. The number of nitrogens with zero attached hydrogens (tertiary/aromatic N) is 3. The van der Waals surface area contributed by atoms with Crippen LogP contribution in [0.15, 0.2) is 49.2 Å². The first-order valence-electron chi connectivity index (χ1n) is 6.53. The predicted octanol–water partition coefficient (Wildman–Crippen LogP) is 3.23. The van der Waals surface area contributed by atoms with Crippen LogP contribution >= 0.6 is 11.6 Å². The minimum absolute atomic E-state index is 0.00130. The van der Waals surface area contributed by atoms with E-state index in [4.69, 9.17) is 11.6 Å². The van der Waals surface area contributed by atoms with E-state index >= 15 is 0 Å². The Kier molecular flexibility index (Phi) is 3.83. The molecule has 0 aliphatic carbocycles. The van der Waals surface area contributed by atoms with Gasteiger partial charge < -0.3 is 5.32 Å². The summed E-state index contributed by atoms with van der Waals surface area (Å²) in [5, 5.41) is 4.90. The molecule has 3 rings (SSSR count). The largest absolute Gasteiger partial charge is 0.384 e. The van der Waals surface area contributed by atoms with Gasteiger partial charge in [-0.3, -0.25) is 14.3 Å². The number of anilines is 1. The van der Waals surface area contributed by atoms with Crippen molar-refractivity contribution in [2.45, 2.75) is 6.42 Å². The van der Waals surface area contributed by atoms with Crippen LogP contribution in [0, 0.1) is 0 Å². The van der Waals surface area contributed by atoms with Gasteiger partial charge in [0.25, 0.3) is 0 Å². The van der Waals surface area contributed by atoms with Gasteiger partial charge in [-0.1, -0.05) is 11.6 Å². The number of carbonyl (C=O) groups is 1. The molecule has 0 aliphatic rings. The normalized spacial score (nSPS) is 10.7. The van der Waals surface area contributed by atoms with Crippen molar-refractivity contribution < 1.29 is 4.79 Å². The molecule has 5 nitrogen and oxygen atoms in total. The highest BCUT2D eigenvalue weighted by Crippen LogP contribution is 2.24. The Bertz CT molecular complexity index is 770.